The lowest BCUT2D eigenvalue weighted by molar-refractivity contribution is 0.296. The summed E-state index contributed by atoms with van der Waals surface area (Å²) >= 11 is 5.83. The summed E-state index contributed by atoms with van der Waals surface area (Å²) in [4.78, 5) is 4.38. The lowest BCUT2D eigenvalue weighted by atomic mass is 10.1. The molecule has 0 aliphatic rings. The maximum absolute atomic E-state index is 6.15. The van der Waals surface area contributed by atoms with Crippen molar-refractivity contribution in [1.82, 2.24) is 15.2 Å². The van der Waals surface area contributed by atoms with E-state index in [1.54, 1.807) is 24.3 Å². The second kappa shape index (κ2) is 6.60. The zero-order valence-electron chi connectivity index (χ0n) is 11.7. The minimum absolute atomic E-state index is 0.288. The van der Waals surface area contributed by atoms with E-state index < -0.39 is 0 Å². The summed E-state index contributed by atoms with van der Waals surface area (Å²) in [6.45, 7) is 0.288. The van der Waals surface area contributed by atoms with Gasteiger partial charge in [-0.15, -0.1) is 0 Å². The number of nitrogens with one attached hydrogen (secondary N) is 1. The molecule has 112 valence electrons. The normalized spacial score (nSPS) is 12.1. The Bertz CT molecular complexity index is 727. The number of ether oxygens (including phenoxy) is 1. The van der Waals surface area contributed by atoms with Gasteiger partial charge in [-0.25, -0.2) is 4.98 Å². The van der Waals surface area contributed by atoms with Gasteiger partial charge in [-0.05, 0) is 29.8 Å². The molecule has 0 fully saturated rings. The van der Waals surface area contributed by atoms with Crippen molar-refractivity contribution in [1.29, 1.82) is 0 Å². The van der Waals surface area contributed by atoms with E-state index in [9.17, 15) is 0 Å². The molecule has 1 aromatic heterocycles. The predicted molar refractivity (Wildman–Crippen MR) is 84.6 cm³/mol. The number of benzene rings is 2. The molecule has 0 aliphatic heterocycles. The molecule has 0 radical (unpaired) electrons. The van der Waals surface area contributed by atoms with E-state index in [-0.39, 0.29) is 12.6 Å². The van der Waals surface area contributed by atoms with Gasteiger partial charge in [0.25, 0.3) is 0 Å². The van der Waals surface area contributed by atoms with E-state index in [4.69, 9.17) is 22.1 Å². The molecule has 3 rings (SSSR count). The van der Waals surface area contributed by atoms with Crippen LogP contribution in [-0.2, 0) is 6.61 Å². The predicted octanol–water partition coefficient (Wildman–Crippen LogP) is 3.09. The van der Waals surface area contributed by atoms with E-state index in [0.717, 1.165) is 11.3 Å². The highest BCUT2D eigenvalue weighted by atomic mass is 35.5. The van der Waals surface area contributed by atoms with Gasteiger partial charge in [0.05, 0.1) is 6.04 Å². The van der Waals surface area contributed by atoms with Gasteiger partial charge < -0.3 is 10.5 Å². The quantitative estimate of drug-likeness (QED) is 0.758. The first kappa shape index (κ1) is 14.6. The zero-order chi connectivity index (χ0) is 15.4. The molecule has 0 unspecified atom stereocenters. The van der Waals surface area contributed by atoms with Gasteiger partial charge >= 0.3 is 0 Å². The number of nitrogens with zero attached hydrogens (tertiary/aromatic N) is 2. The number of halogens is 1. The van der Waals surface area contributed by atoms with Crippen LogP contribution in [0.3, 0.4) is 0 Å². The molecule has 3 aromatic rings. The maximum Gasteiger partial charge on any atom is 0.172 e. The Morgan fingerprint density at radius 1 is 1.09 bits per heavy atom. The summed E-state index contributed by atoms with van der Waals surface area (Å²) in [7, 11) is 0. The van der Waals surface area contributed by atoms with Crippen LogP contribution in [0.2, 0.25) is 5.02 Å². The van der Waals surface area contributed by atoms with Crippen LogP contribution in [0.25, 0.3) is 0 Å². The first-order valence-corrected chi connectivity index (χ1v) is 7.20. The highest BCUT2D eigenvalue weighted by Gasteiger charge is 2.14. The van der Waals surface area contributed by atoms with Crippen LogP contribution in [0.1, 0.15) is 23.3 Å². The van der Waals surface area contributed by atoms with Crippen molar-refractivity contribution >= 4 is 11.6 Å². The van der Waals surface area contributed by atoms with Crippen molar-refractivity contribution < 1.29 is 4.74 Å². The summed E-state index contributed by atoms with van der Waals surface area (Å²) in [6.07, 6.45) is 0. The lowest BCUT2D eigenvalue weighted by Gasteiger charge is -2.07. The highest BCUT2D eigenvalue weighted by molar-refractivity contribution is 6.30. The third-order valence-electron chi connectivity index (χ3n) is 3.18. The largest absolute Gasteiger partial charge is 0.486 e. The molecule has 1 atom stereocenters. The lowest BCUT2D eigenvalue weighted by Crippen LogP contribution is -2.13. The minimum atomic E-state index is -0.360. The summed E-state index contributed by atoms with van der Waals surface area (Å²) in [5, 5.41) is 7.67. The molecule has 0 saturated carbocycles. The molecule has 5 nitrogen and oxygen atoms in total. The average Bonchev–Trinajstić information content (AvgIpc) is 3.03. The Balaban J connectivity index is 1.65. The summed E-state index contributed by atoms with van der Waals surface area (Å²) < 4.78 is 5.61. The van der Waals surface area contributed by atoms with Crippen molar-refractivity contribution in [2.45, 2.75) is 12.6 Å². The topological polar surface area (TPSA) is 76.8 Å². The van der Waals surface area contributed by atoms with Gasteiger partial charge in [0, 0.05) is 5.02 Å². The molecule has 0 amide bonds. The van der Waals surface area contributed by atoms with Gasteiger partial charge in [-0.3, -0.25) is 5.10 Å². The molecular formula is C16H15ClN4O. The number of aromatic nitrogens is 3. The molecule has 1 heterocycles. The zero-order valence-corrected chi connectivity index (χ0v) is 12.5. The smallest absolute Gasteiger partial charge is 0.172 e. The van der Waals surface area contributed by atoms with Gasteiger partial charge in [-0.2, -0.15) is 5.10 Å². The molecule has 3 N–H and O–H groups in total. The van der Waals surface area contributed by atoms with E-state index in [2.05, 4.69) is 15.2 Å². The molecule has 0 aliphatic carbocycles. The van der Waals surface area contributed by atoms with Crippen molar-refractivity contribution in [3.05, 3.63) is 76.8 Å². The van der Waals surface area contributed by atoms with Gasteiger partial charge in [-0.1, -0.05) is 41.9 Å². The van der Waals surface area contributed by atoms with Crippen LogP contribution >= 0.6 is 11.6 Å². The summed E-state index contributed by atoms with van der Waals surface area (Å²) in [5.74, 6) is 1.88. The first-order chi connectivity index (χ1) is 10.7. The fraction of sp³-hybridized carbons (Fsp3) is 0.125. The van der Waals surface area contributed by atoms with E-state index >= 15 is 0 Å². The number of rotatable bonds is 5. The van der Waals surface area contributed by atoms with Crippen molar-refractivity contribution in [2.75, 3.05) is 0 Å². The highest BCUT2D eigenvalue weighted by Crippen LogP contribution is 2.18. The van der Waals surface area contributed by atoms with Crippen LogP contribution < -0.4 is 10.5 Å². The Morgan fingerprint density at radius 2 is 1.82 bits per heavy atom. The maximum atomic E-state index is 6.15. The van der Waals surface area contributed by atoms with E-state index in [1.165, 1.54) is 0 Å². The van der Waals surface area contributed by atoms with Crippen LogP contribution in [-0.4, -0.2) is 15.2 Å². The van der Waals surface area contributed by atoms with Crippen LogP contribution in [0.4, 0.5) is 0 Å². The Kier molecular flexibility index (Phi) is 4.37. The summed E-state index contributed by atoms with van der Waals surface area (Å²) in [6, 6.07) is 16.5. The molecule has 0 bridgehead atoms. The standard InChI is InChI=1S/C16H15ClN4O/c17-12-6-8-13(9-7-12)22-10-14-19-16(21-20-14)15(18)11-4-2-1-3-5-11/h1-9,15H,10,18H2,(H,19,20,21)/t15-/m1/s1. The Hall–Kier alpha value is -2.37. The molecule has 0 saturated heterocycles. The number of H-pyrrole nitrogens is 1. The van der Waals surface area contributed by atoms with E-state index in [0.29, 0.717) is 16.7 Å². The Labute approximate surface area is 133 Å². The number of hydrogen-bond donors (Lipinski definition) is 2. The minimum Gasteiger partial charge on any atom is -0.486 e. The average molecular weight is 315 g/mol. The third-order valence-corrected chi connectivity index (χ3v) is 3.43. The van der Waals surface area contributed by atoms with Crippen LogP contribution in [0, 0.1) is 0 Å². The van der Waals surface area contributed by atoms with Crippen molar-refractivity contribution in [3.63, 3.8) is 0 Å². The number of hydrogen-bond acceptors (Lipinski definition) is 4. The molecule has 2 aromatic carbocycles. The molecule has 6 heteroatoms. The monoisotopic (exact) mass is 314 g/mol. The third kappa shape index (κ3) is 3.44. The molecule has 0 spiro atoms. The van der Waals surface area contributed by atoms with Crippen molar-refractivity contribution in [3.8, 4) is 5.75 Å². The van der Waals surface area contributed by atoms with Gasteiger partial charge in [0.15, 0.2) is 11.6 Å². The number of aromatic amines is 1. The van der Waals surface area contributed by atoms with Crippen LogP contribution in [0.5, 0.6) is 5.75 Å². The fourth-order valence-electron chi connectivity index (χ4n) is 2.01. The van der Waals surface area contributed by atoms with Gasteiger partial charge in [0.2, 0.25) is 0 Å². The van der Waals surface area contributed by atoms with Crippen LogP contribution in [0.15, 0.2) is 54.6 Å². The summed E-state index contributed by atoms with van der Waals surface area (Å²) in [5.41, 5.74) is 7.12. The number of nitrogens with two attached hydrogens (primary N) is 1. The van der Waals surface area contributed by atoms with Gasteiger partial charge in [0.1, 0.15) is 12.4 Å². The van der Waals surface area contributed by atoms with E-state index in [1.807, 2.05) is 30.3 Å². The fourth-order valence-corrected chi connectivity index (χ4v) is 2.13. The Morgan fingerprint density at radius 3 is 2.55 bits per heavy atom. The molecular weight excluding hydrogens is 300 g/mol. The SMILES string of the molecule is N[C@H](c1ccccc1)c1n[nH]c(COc2ccc(Cl)cc2)n1. The second-order valence-corrected chi connectivity index (χ2v) is 5.21. The second-order valence-electron chi connectivity index (χ2n) is 4.77. The van der Waals surface area contributed by atoms with Crippen molar-refractivity contribution in [2.24, 2.45) is 5.73 Å². The molecule has 22 heavy (non-hydrogen) atoms. The first-order valence-electron chi connectivity index (χ1n) is 6.82.